The monoisotopic (exact) mass is 386 g/mol. The predicted molar refractivity (Wildman–Crippen MR) is 92.0 cm³/mol. The minimum atomic E-state index is 0. The van der Waals surface area contributed by atoms with Crippen LogP contribution in [0.5, 0.6) is 0 Å². The van der Waals surface area contributed by atoms with E-state index < -0.39 is 0 Å². The molecule has 1 aromatic carbocycles. The molecule has 0 aliphatic carbocycles. The lowest BCUT2D eigenvalue weighted by atomic mass is 10.1. The van der Waals surface area contributed by atoms with E-state index in [0.29, 0.717) is 30.3 Å². The minimum Gasteiger partial charge on any atom is -0.338 e. The summed E-state index contributed by atoms with van der Waals surface area (Å²) in [5.74, 6) is 1.31. The number of benzene rings is 1. The third-order valence-corrected chi connectivity index (χ3v) is 4.04. The second-order valence-corrected chi connectivity index (χ2v) is 6.60. The van der Waals surface area contributed by atoms with Gasteiger partial charge in [-0.25, -0.2) is 0 Å². The van der Waals surface area contributed by atoms with Crippen molar-refractivity contribution in [1.29, 1.82) is 0 Å². The van der Waals surface area contributed by atoms with Crippen LogP contribution in [0.15, 0.2) is 33.3 Å². The normalized spacial score (nSPS) is 22.3. The Labute approximate surface area is 145 Å². The van der Waals surface area contributed by atoms with Gasteiger partial charge in [0.15, 0.2) is 0 Å². The molecule has 2 unspecified atom stereocenters. The van der Waals surface area contributed by atoms with E-state index in [9.17, 15) is 0 Å². The molecule has 3 rings (SSSR count). The summed E-state index contributed by atoms with van der Waals surface area (Å²) < 4.78 is 6.40. The minimum absolute atomic E-state index is 0. The molecule has 1 aliphatic rings. The van der Waals surface area contributed by atoms with Gasteiger partial charge in [-0.15, -0.1) is 12.4 Å². The second-order valence-electron chi connectivity index (χ2n) is 5.68. The van der Waals surface area contributed by atoms with Crippen LogP contribution in [0.25, 0.3) is 11.4 Å². The molecule has 2 atom stereocenters. The lowest BCUT2D eigenvalue weighted by molar-refractivity contribution is 0.149. The van der Waals surface area contributed by atoms with Gasteiger partial charge in [0.25, 0.3) is 0 Å². The van der Waals surface area contributed by atoms with E-state index in [0.717, 1.165) is 23.1 Å². The molecule has 2 heterocycles. The maximum absolute atomic E-state index is 5.39. The average Bonchev–Trinajstić information content (AvgIpc) is 2.86. The molecule has 120 valence electrons. The zero-order valence-corrected chi connectivity index (χ0v) is 15.0. The van der Waals surface area contributed by atoms with Gasteiger partial charge in [0, 0.05) is 35.2 Å². The fourth-order valence-electron chi connectivity index (χ4n) is 2.82. The first kappa shape index (κ1) is 17.4. The van der Waals surface area contributed by atoms with Gasteiger partial charge in [0.05, 0.1) is 6.54 Å². The highest BCUT2D eigenvalue weighted by molar-refractivity contribution is 9.10. The number of hydrogen-bond acceptors (Lipinski definition) is 5. The molecule has 0 amide bonds. The van der Waals surface area contributed by atoms with E-state index in [-0.39, 0.29) is 12.4 Å². The van der Waals surface area contributed by atoms with E-state index >= 15 is 0 Å². The van der Waals surface area contributed by atoms with E-state index in [1.165, 1.54) is 0 Å². The molecule has 7 heteroatoms. The molecule has 1 saturated heterocycles. The van der Waals surface area contributed by atoms with Gasteiger partial charge in [-0.2, -0.15) is 4.98 Å². The topological polar surface area (TPSA) is 54.2 Å². The van der Waals surface area contributed by atoms with Crippen molar-refractivity contribution in [3.8, 4) is 11.4 Å². The lowest BCUT2D eigenvalue weighted by Gasteiger charge is -2.35. The molecule has 22 heavy (non-hydrogen) atoms. The Morgan fingerprint density at radius 1 is 1.32 bits per heavy atom. The number of hydrogen-bond donors (Lipinski definition) is 1. The molecule has 0 bridgehead atoms. The van der Waals surface area contributed by atoms with E-state index in [4.69, 9.17) is 4.52 Å². The Bertz CT molecular complexity index is 611. The molecule has 0 saturated carbocycles. The van der Waals surface area contributed by atoms with E-state index in [2.05, 4.69) is 50.1 Å². The van der Waals surface area contributed by atoms with Gasteiger partial charge in [-0.3, -0.25) is 4.90 Å². The third-order valence-electron chi connectivity index (χ3n) is 3.54. The zero-order valence-electron chi connectivity index (χ0n) is 12.6. The van der Waals surface area contributed by atoms with Gasteiger partial charge in [0.2, 0.25) is 11.7 Å². The van der Waals surface area contributed by atoms with E-state index in [1.807, 2.05) is 24.3 Å². The Morgan fingerprint density at radius 3 is 2.73 bits per heavy atom. The molecule has 1 N–H and O–H groups in total. The summed E-state index contributed by atoms with van der Waals surface area (Å²) in [6, 6.07) is 8.89. The molecule has 2 aromatic rings. The Kier molecular flexibility index (Phi) is 5.97. The number of rotatable bonds is 3. The van der Waals surface area contributed by atoms with Gasteiger partial charge in [0.1, 0.15) is 0 Å². The molecule has 1 aromatic heterocycles. The van der Waals surface area contributed by atoms with Gasteiger partial charge in [-0.05, 0) is 26.0 Å². The maximum atomic E-state index is 5.39. The largest absolute Gasteiger partial charge is 0.338 e. The summed E-state index contributed by atoms with van der Waals surface area (Å²) in [5, 5.41) is 7.60. The summed E-state index contributed by atoms with van der Waals surface area (Å²) in [6.45, 7) is 7.10. The van der Waals surface area contributed by atoms with Crippen LogP contribution in [0, 0.1) is 0 Å². The highest BCUT2D eigenvalue weighted by atomic mass is 79.9. The van der Waals surface area contributed by atoms with Crippen molar-refractivity contribution < 1.29 is 4.52 Å². The predicted octanol–water partition coefficient (Wildman–Crippen LogP) is 3.10. The smallest absolute Gasteiger partial charge is 0.241 e. The Balaban J connectivity index is 0.00000176. The van der Waals surface area contributed by atoms with Crippen LogP contribution < -0.4 is 5.32 Å². The van der Waals surface area contributed by atoms with Gasteiger partial charge >= 0.3 is 0 Å². The van der Waals surface area contributed by atoms with Crippen LogP contribution in [0.4, 0.5) is 0 Å². The fourth-order valence-corrected chi connectivity index (χ4v) is 3.22. The van der Waals surface area contributed by atoms with Crippen LogP contribution in [0.1, 0.15) is 19.7 Å². The second kappa shape index (κ2) is 7.55. The first-order valence-electron chi connectivity index (χ1n) is 7.17. The molecule has 1 fully saturated rings. The summed E-state index contributed by atoms with van der Waals surface area (Å²) in [6.07, 6.45) is 0. The summed E-state index contributed by atoms with van der Waals surface area (Å²) >= 11 is 3.46. The molecule has 1 aliphatic heterocycles. The highest BCUT2D eigenvalue weighted by Gasteiger charge is 2.22. The molecule has 5 nitrogen and oxygen atoms in total. The molecule has 0 radical (unpaired) electrons. The van der Waals surface area contributed by atoms with Crippen molar-refractivity contribution in [1.82, 2.24) is 20.4 Å². The number of aromatic nitrogens is 2. The van der Waals surface area contributed by atoms with Crippen molar-refractivity contribution >= 4 is 28.3 Å². The highest BCUT2D eigenvalue weighted by Crippen LogP contribution is 2.20. The maximum Gasteiger partial charge on any atom is 0.241 e. The van der Waals surface area contributed by atoms with Crippen molar-refractivity contribution in [3.63, 3.8) is 0 Å². The van der Waals surface area contributed by atoms with Crippen molar-refractivity contribution in [3.05, 3.63) is 34.6 Å². The first-order chi connectivity index (χ1) is 10.1. The van der Waals surface area contributed by atoms with Crippen LogP contribution in [0.2, 0.25) is 0 Å². The first-order valence-corrected chi connectivity index (χ1v) is 7.96. The van der Waals surface area contributed by atoms with Crippen molar-refractivity contribution in [2.24, 2.45) is 0 Å². The fraction of sp³-hybridized carbons (Fsp3) is 0.467. The third kappa shape index (κ3) is 4.29. The summed E-state index contributed by atoms with van der Waals surface area (Å²) in [4.78, 5) is 6.86. The van der Waals surface area contributed by atoms with Crippen LogP contribution in [-0.4, -0.2) is 40.2 Å². The quantitative estimate of drug-likeness (QED) is 0.877. The average molecular weight is 388 g/mol. The van der Waals surface area contributed by atoms with Gasteiger partial charge in [-0.1, -0.05) is 33.2 Å². The summed E-state index contributed by atoms with van der Waals surface area (Å²) in [5.41, 5.74) is 0.960. The van der Waals surface area contributed by atoms with Crippen molar-refractivity contribution in [2.75, 3.05) is 13.1 Å². The molecular weight excluding hydrogens is 368 g/mol. The SMILES string of the molecule is CC1CN(Cc2nc(-c3cccc(Br)c3)no2)CC(C)N1.Cl. The number of nitrogens with zero attached hydrogens (tertiary/aromatic N) is 3. The Hall–Kier alpha value is -0.950. The standard InChI is InChI=1S/C15H19BrN4O.ClH/c1-10-7-20(8-11(2)17-10)9-14-18-15(19-21-14)12-4-3-5-13(16)6-12;/h3-6,10-11,17H,7-9H2,1-2H3;1H. The lowest BCUT2D eigenvalue weighted by Crippen LogP contribution is -2.53. The molecule has 0 spiro atoms. The number of nitrogens with one attached hydrogen (secondary N) is 1. The van der Waals surface area contributed by atoms with Crippen LogP contribution in [0.3, 0.4) is 0 Å². The van der Waals surface area contributed by atoms with Gasteiger partial charge < -0.3 is 9.84 Å². The number of halogens is 2. The summed E-state index contributed by atoms with van der Waals surface area (Å²) in [7, 11) is 0. The van der Waals surface area contributed by atoms with Crippen LogP contribution in [-0.2, 0) is 6.54 Å². The van der Waals surface area contributed by atoms with Crippen molar-refractivity contribution in [2.45, 2.75) is 32.5 Å². The number of piperazine rings is 1. The zero-order chi connectivity index (χ0) is 14.8. The van der Waals surface area contributed by atoms with E-state index in [1.54, 1.807) is 0 Å². The van der Waals surface area contributed by atoms with Crippen LogP contribution >= 0.6 is 28.3 Å². The molecular formula is C15H20BrClN4O. The Morgan fingerprint density at radius 2 is 2.05 bits per heavy atom.